The summed E-state index contributed by atoms with van der Waals surface area (Å²) in [6.45, 7) is 5.97. The largest absolute Gasteiger partial charge is 0.382 e. The van der Waals surface area contributed by atoms with E-state index in [1.54, 1.807) is 6.20 Å². The maximum atomic E-state index is 6.51. The predicted molar refractivity (Wildman–Crippen MR) is 158 cm³/mol. The second-order valence-electron chi connectivity index (χ2n) is 11.4. The molecule has 201 valence electrons. The number of nitrogens with two attached hydrogens (primary N) is 1. The van der Waals surface area contributed by atoms with Gasteiger partial charge >= 0.3 is 0 Å². The van der Waals surface area contributed by atoms with Gasteiger partial charge in [-0.25, -0.2) is 9.97 Å². The summed E-state index contributed by atoms with van der Waals surface area (Å²) in [6, 6.07) is 19.9. The number of aryl methyl sites for hydroxylation is 1. The summed E-state index contributed by atoms with van der Waals surface area (Å²) in [5, 5.41) is 1.00. The molecular weight excluding hydrogens is 569 g/mol. The number of pyridine rings is 1. The first kappa shape index (κ1) is 27.5. The van der Waals surface area contributed by atoms with Crippen LogP contribution in [0, 0.1) is 18.9 Å². The normalized spacial score (nSPS) is 19.7. The number of hydrogen-bond acceptors (Lipinski definition) is 5. The molecule has 2 N–H and O–H groups in total. The Morgan fingerprint density at radius 3 is 2.52 bits per heavy atom. The molecule has 2 aromatic carbocycles. The van der Waals surface area contributed by atoms with Crippen molar-refractivity contribution < 1.29 is 32.7 Å². The molecule has 1 aliphatic heterocycles. The van der Waals surface area contributed by atoms with Gasteiger partial charge in [-0.1, -0.05) is 42.0 Å². The zero-order valence-electron chi connectivity index (χ0n) is 23.2. The van der Waals surface area contributed by atoms with Crippen molar-refractivity contribution in [1.29, 1.82) is 0 Å². The molecular formula is C33H35N6Y-. The molecule has 6 nitrogen and oxygen atoms in total. The van der Waals surface area contributed by atoms with Gasteiger partial charge in [0.15, 0.2) is 0 Å². The van der Waals surface area contributed by atoms with E-state index in [0.717, 1.165) is 56.2 Å². The molecule has 0 amide bonds. The van der Waals surface area contributed by atoms with Gasteiger partial charge in [-0.15, -0.1) is 23.6 Å². The third-order valence-electron chi connectivity index (χ3n) is 8.89. The van der Waals surface area contributed by atoms with Gasteiger partial charge in [-0.3, -0.25) is 4.40 Å². The molecule has 3 aromatic heterocycles. The van der Waals surface area contributed by atoms with Gasteiger partial charge in [0, 0.05) is 57.6 Å². The number of benzene rings is 2. The van der Waals surface area contributed by atoms with Crippen LogP contribution in [0.3, 0.4) is 0 Å². The summed E-state index contributed by atoms with van der Waals surface area (Å²) in [4.78, 5) is 17.5. The quantitative estimate of drug-likeness (QED) is 0.227. The molecule has 7 rings (SSSR count). The topological polar surface area (TPSA) is 72.3 Å². The van der Waals surface area contributed by atoms with Crippen molar-refractivity contribution in [2.24, 2.45) is 5.92 Å². The molecule has 0 bridgehead atoms. The Morgan fingerprint density at radius 2 is 1.75 bits per heavy atom. The summed E-state index contributed by atoms with van der Waals surface area (Å²) in [7, 11) is 0. The Balaban J connectivity index is 0.00000289. The smallest absolute Gasteiger partial charge is 0.150 e. The minimum Gasteiger partial charge on any atom is -0.382 e. The van der Waals surface area contributed by atoms with Gasteiger partial charge in [-0.05, 0) is 86.8 Å². The fourth-order valence-corrected chi connectivity index (χ4v) is 6.77. The van der Waals surface area contributed by atoms with Gasteiger partial charge in [-0.2, -0.15) is 0 Å². The van der Waals surface area contributed by atoms with Crippen molar-refractivity contribution >= 4 is 22.2 Å². The first-order valence-electron chi connectivity index (χ1n) is 14.4. The van der Waals surface area contributed by atoms with Gasteiger partial charge in [0.1, 0.15) is 17.2 Å². The monoisotopic (exact) mass is 604 g/mol. The standard InChI is InChI=1S/C33H35N6.Y/c1-22-27(15-13-25-14-16-28(36-29(22)25)24-7-3-2-4-8-24)30-31-32(34)35-17-20-39(31)33(37-30)26-11-9-23(10-12-26)21-38-18-5-6-19-38;/h2-4,7-8,13,15-17,20,23,26H,5-6,9-12,18-19,21H2,1H3,(H2,34,35);/q-1;. The van der Waals surface area contributed by atoms with Crippen LogP contribution in [0.15, 0.2) is 60.9 Å². The van der Waals surface area contributed by atoms with Gasteiger partial charge in [0.05, 0.1) is 5.69 Å². The van der Waals surface area contributed by atoms with Gasteiger partial charge in [0.2, 0.25) is 0 Å². The number of nitrogen functional groups attached to an aromatic ring is 1. The van der Waals surface area contributed by atoms with Crippen molar-refractivity contribution in [3.63, 3.8) is 0 Å². The third kappa shape index (κ3) is 5.10. The number of fused-ring (bicyclic) bond motifs is 2. The summed E-state index contributed by atoms with van der Waals surface area (Å²) in [5.41, 5.74) is 13.4. The zero-order valence-corrected chi connectivity index (χ0v) is 26.0. The number of anilines is 1. The second kappa shape index (κ2) is 11.7. The molecule has 0 atom stereocenters. The van der Waals surface area contributed by atoms with Crippen LogP contribution in [-0.2, 0) is 32.7 Å². The zero-order chi connectivity index (χ0) is 26.3. The molecule has 2 aliphatic rings. The molecule has 4 heterocycles. The first-order chi connectivity index (χ1) is 19.2. The average molecular weight is 605 g/mol. The number of likely N-dealkylation sites (tertiary alicyclic amines) is 1. The van der Waals surface area contributed by atoms with E-state index in [-0.39, 0.29) is 32.7 Å². The third-order valence-corrected chi connectivity index (χ3v) is 8.89. The Morgan fingerprint density at radius 1 is 0.975 bits per heavy atom. The van der Waals surface area contributed by atoms with Crippen LogP contribution in [0.5, 0.6) is 0 Å². The first-order valence-corrected chi connectivity index (χ1v) is 14.4. The van der Waals surface area contributed by atoms with Crippen LogP contribution in [0.25, 0.3) is 38.9 Å². The predicted octanol–water partition coefficient (Wildman–Crippen LogP) is 6.67. The number of nitrogens with zero attached hydrogens (tertiary/aromatic N) is 5. The minimum atomic E-state index is 0. The summed E-state index contributed by atoms with van der Waals surface area (Å²) in [6.07, 6.45) is 11.4. The number of hydrogen-bond donors (Lipinski definition) is 1. The maximum absolute atomic E-state index is 6.51. The number of imidazole rings is 1. The SMILES string of the molecule is Cc1c(-c2nc(C3CCC(CN4CCCC4)CC3)n3ccnc(N)c23)ccc2[c-]cc(-c3ccccc3)nc12.[Y]. The van der Waals surface area contributed by atoms with Crippen LogP contribution in [0.2, 0.25) is 0 Å². The molecule has 1 saturated heterocycles. The van der Waals surface area contributed by atoms with Crippen molar-refractivity contribution in [3.05, 3.63) is 78.4 Å². The second-order valence-corrected chi connectivity index (χ2v) is 11.4. The van der Waals surface area contributed by atoms with Crippen LogP contribution in [-0.4, -0.2) is 43.9 Å². The van der Waals surface area contributed by atoms with Crippen LogP contribution in [0.1, 0.15) is 55.8 Å². The minimum absolute atomic E-state index is 0. The molecule has 5 aromatic rings. The fraction of sp³-hybridized carbons (Fsp3) is 0.364. The van der Waals surface area contributed by atoms with Crippen LogP contribution in [0.4, 0.5) is 5.82 Å². The number of aromatic nitrogens is 4. The van der Waals surface area contributed by atoms with E-state index < -0.39 is 0 Å². The Bertz CT molecular complexity index is 1630. The summed E-state index contributed by atoms with van der Waals surface area (Å²) >= 11 is 0. The fourth-order valence-electron chi connectivity index (χ4n) is 6.77. The molecule has 2 fully saturated rings. The molecule has 7 heteroatoms. The van der Waals surface area contributed by atoms with Gasteiger partial charge in [0.25, 0.3) is 0 Å². The molecule has 0 unspecified atom stereocenters. The molecule has 0 spiro atoms. The van der Waals surface area contributed by atoms with E-state index in [2.05, 4.69) is 51.5 Å². The van der Waals surface area contributed by atoms with E-state index in [1.165, 1.54) is 58.2 Å². The van der Waals surface area contributed by atoms with E-state index in [4.69, 9.17) is 15.7 Å². The van der Waals surface area contributed by atoms with Crippen LogP contribution >= 0.6 is 0 Å². The average Bonchev–Trinajstić information content (AvgIpc) is 3.63. The summed E-state index contributed by atoms with van der Waals surface area (Å²) in [5.74, 6) is 2.87. The molecule has 1 saturated carbocycles. The Labute approximate surface area is 261 Å². The maximum Gasteiger partial charge on any atom is 0.150 e. The molecule has 40 heavy (non-hydrogen) atoms. The molecule has 1 aliphatic carbocycles. The van der Waals surface area contributed by atoms with Crippen molar-refractivity contribution in [1.82, 2.24) is 24.3 Å². The molecule has 1 radical (unpaired) electrons. The van der Waals surface area contributed by atoms with Crippen LogP contribution < -0.4 is 5.73 Å². The van der Waals surface area contributed by atoms with E-state index in [0.29, 0.717) is 11.7 Å². The van der Waals surface area contributed by atoms with E-state index >= 15 is 0 Å². The summed E-state index contributed by atoms with van der Waals surface area (Å²) < 4.78 is 2.20. The van der Waals surface area contributed by atoms with E-state index in [9.17, 15) is 0 Å². The van der Waals surface area contributed by atoms with E-state index in [1.807, 2.05) is 30.5 Å². The Hall–Kier alpha value is -2.67. The van der Waals surface area contributed by atoms with Crippen molar-refractivity contribution in [3.8, 4) is 22.5 Å². The Kier molecular flexibility index (Phi) is 8.03. The number of rotatable bonds is 5. The van der Waals surface area contributed by atoms with Gasteiger partial charge < -0.3 is 15.6 Å². The van der Waals surface area contributed by atoms with Crippen molar-refractivity contribution in [2.75, 3.05) is 25.4 Å². The van der Waals surface area contributed by atoms with Crippen molar-refractivity contribution in [2.45, 2.75) is 51.4 Å².